The molecule has 4 rings (SSSR count). The summed E-state index contributed by atoms with van der Waals surface area (Å²) < 4.78 is 0. The molecule has 1 atom stereocenters. The smallest absolute Gasteiger partial charge is 0.300 e. The van der Waals surface area contributed by atoms with Crippen molar-refractivity contribution in [1.29, 1.82) is 0 Å². The predicted molar refractivity (Wildman–Crippen MR) is 125 cm³/mol. The number of β-amino-alcohol motifs (C(OH)–C–C–N with tert-alkyl or cyclic N) is 1. The highest BCUT2D eigenvalue weighted by atomic mass is 35.5. The lowest BCUT2D eigenvalue weighted by atomic mass is 10.1. The number of nitrogens with one attached hydrogen (secondary N) is 1. The molecule has 5 heteroatoms. The van der Waals surface area contributed by atoms with E-state index in [1.54, 1.807) is 0 Å². The number of anilines is 1. The molecule has 1 saturated heterocycles. The van der Waals surface area contributed by atoms with E-state index in [0.29, 0.717) is 10.7 Å². The van der Waals surface area contributed by atoms with Crippen molar-refractivity contribution in [2.24, 2.45) is 0 Å². The number of amides is 1. The van der Waals surface area contributed by atoms with E-state index in [2.05, 4.69) is 22.1 Å². The fourth-order valence-corrected chi connectivity index (χ4v) is 3.71. The molecule has 1 aliphatic heterocycles. The fourth-order valence-electron chi connectivity index (χ4n) is 3.59. The highest BCUT2D eigenvalue weighted by molar-refractivity contribution is 6.30. The number of hydrogen-bond donors (Lipinski definition) is 2. The van der Waals surface area contributed by atoms with Crippen molar-refractivity contribution in [2.75, 3.05) is 18.4 Å². The van der Waals surface area contributed by atoms with Gasteiger partial charge in [0.05, 0.1) is 6.10 Å². The molecule has 2 N–H and O–H groups in total. The maximum absolute atomic E-state index is 12.2. The van der Waals surface area contributed by atoms with Crippen LogP contribution in [0.2, 0.25) is 5.02 Å². The van der Waals surface area contributed by atoms with Gasteiger partial charge in [-0.2, -0.15) is 0 Å². The van der Waals surface area contributed by atoms with Crippen LogP contribution in [0.25, 0.3) is 11.1 Å². The van der Waals surface area contributed by atoms with Crippen LogP contribution in [-0.4, -0.2) is 35.1 Å². The zero-order chi connectivity index (χ0) is 21.6. The summed E-state index contributed by atoms with van der Waals surface area (Å²) in [6.45, 7) is 2.46. The standard InChI is InChI=1S/C26H23ClN2O2/c27-23-10-6-21(7-11-23)22-8-12-24(13-9-22)28-26(31)14-5-19-1-3-20(4-2-19)17-29-16-15-25(30)18-29/h1-4,6-13,25,30H,15-18H2,(H,28,31)/t25-/m1/s1. The first kappa shape index (κ1) is 21.1. The lowest BCUT2D eigenvalue weighted by Crippen LogP contribution is -2.21. The van der Waals surface area contributed by atoms with Gasteiger partial charge in [0.1, 0.15) is 0 Å². The first-order valence-electron chi connectivity index (χ1n) is 10.2. The molecular formula is C26H23ClN2O2. The predicted octanol–water partition coefficient (Wildman–Crippen LogP) is 4.56. The van der Waals surface area contributed by atoms with Gasteiger partial charge in [0.25, 0.3) is 0 Å². The van der Waals surface area contributed by atoms with Crippen LogP contribution in [0.4, 0.5) is 5.69 Å². The second-order valence-electron chi connectivity index (χ2n) is 7.66. The van der Waals surface area contributed by atoms with Crippen molar-refractivity contribution in [3.8, 4) is 23.0 Å². The molecule has 1 fully saturated rings. The number of hydrogen-bond acceptors (Lipinski definition) is 3. The minimum Gasteiger partial charge on any atom is -0.392 e. The molecular weight excluding hydrogens is 408 g/mol. The van der Waals surface area contributed by atoms with E-state index in [0.717, 1.165) is 42.7 Å². The first-order chi connectivity index (χ1) is 15.0. The number of aliphatic hydroxyl groups excluding tert-OH is 1. The Hall–Kier alpha value is -3.10. The summed E-state index contributed by atoms with van der Waals surface area (Å²) >= 11 is 5.93. The number of halogens is 1. The average Bonchev–Trinajstić information content (AvgIpc) is 3.19. The normalized spacial score (nSPS) is 15.9. The third kappa shape index (κ3) is 5.96. The van der Waals surface area contributed by atoms with Gasteiger partial charge >= 0.3 is 5.91 Å². The Bertz CT molecular complexity index is 1100. The number of nitrogens with zero attached hydrogens (tertiary/aromatic N) is 1. The molecule has 0 bridgehead atoms. The van der Waals surface area contributed by atoms with Gasteiger partial charge in [-0.3, -0.25) is 9.69 Å². The Morgan fingerprint density at radius 1 is 1.00 bits per heavy atom. The number of carbonyl (C=O) groups excluding carboxylic acids is 1. The summed E-state index contributed by atoms with van der Waals surface area (Å²) in [4.78, 5) is 14.4. The SMILES string of the molecule is O=C(C#Cc1ccc(CN2CC[C@@H](O)C2)cc1)Nc1ccc(-c2ccc(Cl)cc2)cc1. The summed E-state index contributed by atoms with van der Waals surface area (Å²) in [5, 5.41) is 13.1. The molecule has 3 aromatic rings. The number of carbonyl (C=O) groups is 1. The zero-order valence-electron chi connectivity index (χ0n) is 17.0. The van der Waals surface area contributed by atoms with E-state index < -0.39 is 0 Å². The third-order valence-electron chi connectivity index (χ3n) is 5.25. The van der Waals surface area contributed by atoms with E-state index in [-0.39, 0.29) is 12.0 Å². The van der Waals surface area contributed by atoms with Gasteiger partial charge in [0, 0.05) is 41.8 Å². The number of rotatable bonds is 4. The van der Waals surface area contributed by atoms with Gasteiger partial charge in [0.15, 0.2) is 0 Å². The lowest BCUT2D eigenvalue weighted by molar-refractivity contribution is -0.111. The van der Waals surface area contributed by atoms with Crippen molar-refractivity contribution in [3.63, 3.8) is 0 Å². The minimum absolute atomic E-state index is 0.211. The number of benzene rings is 3. The second-order valence-corrected chi connectivity index (χ2v) is 8.10. The molecule has 1 heterocycles. The molecule has 0 radical (unpaired) electrons. The molecule has 0 saturated carbocycles. The van der Waals surface area contributed by atoms with Gasteiger partial charge in [-0.05, 0) is 59.5 Å². The Morgan fingerprint density at radius 3 is 2.26 bits per heavy atom. The van der Waals surface area contributed by atoms with Crippen LogP contribution in [0.15, 0.2) is 72.8 Å². The van der Waals surface area contributed by atoms with E-state index in [1.165, 1.54) is 5.56 Å². The molecule has 0 aliphatic carbocycles. The maximum Gasteiger partial charge on any atom is 0.300 e. The molecule has 3 aromatic carbocycles. The quantitative estimate of drug-likeness (QED) is 0.596. The van der Waals surface area contributed by atoms with Crippen molar-refractivity contribution in [2.45, 2.75) is 19.1 Å². The third-order valence-corrected chi connectivity index (χ3v) is 5.50. The molecule has 4 nitrogen and oxygen atoms in total. The van der Waals surface area contributed by atoms with Crippen molar-refractivity contribution >= 4 is 23.2 Å². The minimum atomic E-state index is -0.352. The van der Waals surface area contributed by atoms with Crippen molar-refractivity contribution in [1.82, 2.24) is 4.90 Å². The molecule has 156 valence electrons. The van der Waals surface area contributed by atoms with E-state index in [1.807, 2.05) is 72.8 Å². The summed E-state index contributed by atoms with van der Waals surface area (Å²) in [6.07, 6.45) is 0.625. The molecule has 1 amide bonds. The molecule has 1 aliphatic rings. The fraction of sp³-hybridized carbons (Fsp3) is 0.192. The van der Waals surface area contributed by atoms with Crippen LogP contribution in [0.1, 0.15) is 17.5 Å². The molecule has 31 heavy (non-hydrogen) atoms. The van der Waals surface area contributed by atoms with Crippen LogP contribution in [0.5, 0.6) is 0 Å². The van der Waals surface area contributed by atoms with Crippen LogP contribution in [0.3, 0.4) is 0 Å². The van der Waals surface area contributed by atoms with Gasteiger partial charge in [-0.1, -0.05) is 53.9 Å². The zero-order valence-corrected chi connectivity index (χ0v) is 17.8. The topological polar surface area (TPSA) is 52.6 Å². The van der Waals surface area contributed by atoms with Crippen LogP contribution < -0.4 is 5.32 Å². The van der Waals surface area contributed by atoms with E-state index in [4.69, 9.17) is 11.6 Å². The molecule has 0 aromatic heterocycles. The van der Waals surface area contributed by atoms with Gasteiger partial charge in [-0.25, -0.2) is 0 Å². The Balaban J connectivity index is 1.32. The summed E-state index contributed by atoms with van der Waals surface area (Å²) in [6, 6.07) is 23.1. The largest absolute Gasteiger partial charge is 0.392 e. The van der Waals surface area contributed by atoms with Gasteiger partial charge < -0.3 is 10.4 Å². The Morgan fingerprint density at radius 2 is 1.65 bits per heavy atom. The molecule has 0 unspecified atom stereocenters. The van der Waals surface area contributed by atoms with Crippen molar-refractivity contribution < 1.29 is 9.90 Å². The Kier molecular flexibility index (Phi) is 6.69. The second kappa shape index (κ2) is 9.80. The van der Waals surface area contributed by atoms with Gasteiger partial charge in [0.2, 0.25) is 0 Å². The van der Waals surface area contributed by atoms with Crippen LogP contribution in [-0.2, 0) is 11.3 Å². The lowest BCUT2D eigenvalue weighted by Gasteiger charge is -2.14. The highest BCUT2D eigenvalue weighted by Gasteiger charge is 2.19. The maximum atomic E-state index is 12.2. The average molecular weight is 431 g/mol. The number of likely N-dealkylation sites (tertiary alicyclic amines) is 1. The summed E-state index contributed by atoms with van der Waals surface area (Å²) in [7, 11) is 0. The van der Waals surface area contributed by atoms with E-state index in [9.17, 15) is 9.90 Å². The first-order valence-corrected chi connectivity index (χ1v) is 10.6. The molecule has 0 spiro atoms. The van der Waals surface area contributed by atoms with Crippen molar-refractivity contribution in [3.05, 3.63) is 88.9 Å². The van der Waals surface area contributed by atoms with E-state index >= 15 is 0 Å². The van der Waals surface area contributed by atoms with Gasteiger partial charge in [-0.15, -0.1) is 0 Å². The monoisotopic (exact) mass is 430 g/mol. The summed E-state index contributed by atoms with van der Waals surface area (Å²) in [5.41, 5.74) is 4.76. The summed E-state index contributed by atoms with van der Waals surface area (Å²) in [5.74, 6) is 5.19. The number of aliphatic hydroxyl groups is 1. The van der Waals surface area contributed by atoms with Crippen LogP contribution in [0, 0.1) is 11.8 Å². The van der Waals surface area contributed by atoms with Crippen LogP contribution >= 0.6 is 11.6 Å². The Labute approximate surface area is 187 Å². The highest BCUT2D eigenvalue weighted by Crippen LogP contribution is 2.23.